The Labute approximate surface area is 131 Å². The van der Waals surface area contributed by atoms with Gasteiger partial charge in [-0.15, -0.1) is 0 Å². The first-order valence-electron chi connectivity index (χ1n) is 8.04. The number of carbonyl (C=O) groups excluding carboxylic acids is 3. The maximum absolute atomic E-state index is 12.1. The Morgan fingerprint density at radius 2 is 1.73 bits per heavy atom. The van der Waals surface area contributed by atoms with Crippen LogP contribution in [0.4, 0.5) is 4.79 Å². The summed E-state index contributed by atoms with van der Waals surface area (Å²) in [6, 6.07) is 0. The maximum Gasteiger partial charge on any atom is 0.419 e. The molecule has 2 aliphatic rings. The van der Waals surface area contributed by atoms with Crippen LogP contribution in [-0.2, 0) is 19.1 Å². The normalized spacial score (nSPS) is 22.0. The lowest BCUT2D eigenvalue weighted by atomic mass is 9.73. The van der Waals surface area contributed by atoms with Crippen molar-refractivity contribution >= 4 is 18.0 Å². The van der Waals surface area contributed by atoms with Crippen molar-refractivity contribution in [3.8, 4) is 0 Å². The summed E-state index contributed by atoms with van der Waals surface area (Å²) in [6.07, 6.45) is 4.11. The number of esters is 1. The first-order chi connectivity index (χ1) is 10.3. The average molecular weight is 311 g/mol. The summed E-state index contributed by atoms with van der Waals surface area (Å²) in [5.74, 6) is -0.911. The smallest absolute Gasteiger partial charge is 0.419 e. The molecule has 1 aliphatic heterocycles. The van der Waals surface area contributed by atoms with Crippen molar-refractivity contribution in [2.45, 2.75) is 65.6 Å². The molecular formula is C16H25NO5. The minimum Gasteiger partial charge on any atom is -0.425 e. The molecule has 1 atom stereocenters. The zero-order valence-electron chi connectivity index (χ0n) is 13.6. The summed E-state index contributed by atoms with van der Waals surface area (Å²) in [4.78, 5) is 36.9. The van der Waals surface area contributed by atoms with Crippen LogP contribution in [0.5, 0.6) is 0 Å². The lowest BCUT2D eigenvalue weighted by molar-refractivity contribution is -0.169. The first-order valence-corrected chi connectivity index (χ1v) is 8.04. The average Bonchev–Trinajstić information content (AvgIpc) is 2.75. The Morgan fingerprint density at radius 3 is 2.32 bits per heavy atom. The van der Waals surface area contributed by atoms with E-state index in [0.29, 0.717) is 13.0 Å². The number of carbonyl (C=O) groups is 3. The molecule has 0 aromatic rings. The molecule has 6 nitrogen and oxygen atoms in total. The van der Waals surface area contributed by atoms with Crippen LogP contribution in [0.15, 0.2) is 0 Å². The first kappa shape index (κ1) is 16.8. The van der Waals surface area contributed by atoms with Gasteiger partial charge in [-0.1, -0.05) is 33.1 Å². The number of likely N-dealkylation sites (tertiary alicyclic amines) is 1. The van der Waals surface area contributed by atoms with Gasteiger partial charge in [-0.05, 0) is 18.3 Å². The quantitative estimate of drug-likeness (QED) is 0.592. The summed E-state index contributed by atoms with van der Waals surface area (Å²) >= 11 is 0. The molecule has 1 aliphatic carbocycles. The second-order valence-corrected chi connectivity index (χ2v) is 6.76. The topological polar surface area (TPSA) is 72.9 Å². The van der Waals surface area contributed by atoms with Crippen molar-refractivity contribution in [3.63, 3.8) is 0 Å². The summed E-state index contributed by atoms with van der Waals surface area (Å²) < 4.78 is 10.1. The summed E-state index contributed by atoms with van der Waals surface area (Å²) in [6.45, 7) is 5.31. The Morgan fingerprint density at radius 1 is 1.09 bits per heavy atom. The van der Waals surface area contributed by atoms with E-state index in [0.717, 1.165) is 25.7 Å². The largest absolute Gasteiger partial charge is 0.425 e. The van der Waals surface area contributed by atoms with Crippen LogP contribution in [-0.4, -0.2) is 35.7 Å². The summed E-state index contributed by atoms with van der Waals surface area (Å²) in [7, 11) is 0. The molecule has 22 heavy (non-hydrogen) atoms. The van der Waals surface area contributed by atoms with Crippen LogP contribution in [0.1, 0.15) is 59.3 Å². The molecule has 1 heterocycles. The van der Waals surface area contributed by atoms with Gasteiger partial charge in [0.05, 0.1) is 5.92 Å². The second-order valence-electron chi connectivity index (χ2n) is 6.76. The molecule has 0 aromatic carbocycles. The van der Waals surface area contributed by atoms with Gasteiger partial charge in [0.25, 0.3) is 0 Å². The SMILES string of the molecule is CC(OC(=O)C(C)C)OC(=O)N1CC2(CCCCC2)CC1=O. The molecule has 6 heteroatoms. The lowest BCUT2D eigenvalue weighted by Crippen LogP contribution is -2.38. The van der Waals surface area contributed by atoms with E-state index in [1.807, 2.05) is 0 Å². The van der Waals surface area contributed by atoms with E-state index < -0.39 is 18.4 Å². The van der Waals surface area contributed by atoms with Gasteiger partial charge in [-0.3, -0.25) is 9.59 Å². The molecular weight excluding hydrogens is 286 g/mol. The van der Waals surface area contributed by atoms with E-state index in [-0.39, 0.29) is 17.2 Å². The van der Waals surface area contributed by atoms with E-state index in [2.05, 4.69) is 0 Å². The van der Waals surface area contributed by atoms with Gasteiger partial charge in [-0.25, -0.2) is 9.69 Å². The number of nitrogens with zero attached hydrogens (tertiary/aromatic N) is 1. The zero-order chi connectivity index (χ0) is 16.3. The molecule has 2 fully saturated rings. The molecule has 0 N–H and O–H groups in total. The molecule has 0 bridgehead atoms. The van der Waals surface area contributed by atoms with Crippen LogP contribution in [0, 0.1) is 11.3 Å². The van der Waals surface area contributed by atoms with Crippen molar-refractivity contribution in [2.24, 2.45) is 11.3 Å². The highest BCUT2D eigenvalue weighted by atomic mass is 16.7. The number of hydrogen-bond acceptors (Lipinski definition) is 5. The number of rotatable bonds is 3. The molecule has 124 valence electrons. The third-order valence-corrected chi connectivity index (χ3v) is 4.48. The van der Waals surface area contributed by atoms with Crippen molar-refractivity contribution in [3.05, 3.63) is 0 Å². The van der Waals surface area contributed by atoms with Gasteiger partial charge >= 0.3 is 12.1 Å². The number of ether oxygens (including phenoxy) is 2. The van der Waals surface area contributed by atoms with E-state index in [1.54, 1.807) is 13.8 Å². The molecule has 2 amide bonds. The number of imide groups is 1. The Hall–Kier alpha value is -1.59. The van der Waals surface area contributed by atoms with Crippen molar-refractivity contribution < 1.29 is 23.9 Å². The third kappa shape index (κ3) is 3.78. The van der Waals surface area contributed by atoms with Gasteiger partial charge in [0.15, 0.2) is 0 Å². The van der Waals surface area contributed by atoms with Crippen LogP contribution < -0.4 is 0 Å². The second kappa shape index (κ2) is 6.67. The predicted molar refractivity (Wildman–Crippen MR) is 78.7 cm³/mol. The highest BCUT2D eigenvalue weighted by Gasteiger charge is 2.46. The van der Waals surface area contributed by atoms with Gasteiger partial charge in [-0.2, -0.15) is 0 Å². The van der Waals surface area contributed by atoms with Crippen molar-refractivity contribution in [2.75, 3.05) is 6.54 Å². The minimum absolute atomic E-state index is 0.0633. The van der Waals surface area contributed by atoms with E-state index in [4.69, 9.17) is 9.47 Å². The van der Waals surface area contributed by atoms with Crippen LogP contribution in [0.25, 0.3) is 0 Å². The standard InChI is InChI=1S/C16H25NO5/c1-11(2)14(19)21-12(3)22-15(20)17-10-16(9-13(17)18)7-5-4-6-8-16/h11-12H,4-10H2,1-3H3. The van der Waals surface area contributed by atoms with E-state index in [9.17, 15) is 14.4 Å². The molecule has 1 saturated carbocycles. The summed E-state index contributed by atoms with van der Waals surface area (Å²) in [5.41, 5.74) is -0.0633. The molecule has 0 radical (unpaired) electrons. The molecule has 1 spiro atoms. The van der Waals surface area contributed by atoms with Gasteiger partial charge in [0.1, 0.15) is 0 Å². The van der Waals surface area contributed by atoms with Crippen molar-refractivity contribution in [1.82, 2.24) is 4.90 Å². The minimum atomic E-state index is -0.988. The van der Waals surface area contributed by atoms with Crippen LogP contribution >= 0.6 is 0 Å². The Bertz CT molecular complexity index is 453. The molecule has 0 aromatic heterocycles. The monoisotopic (exact) mass is 311 g/mol. The third-order valence-electron chi connectivity index (χ3n) is 4.48. The number of amides is 2. The number of hydrogen-bond donors (Lipinski definition) is 0. The van der Waals surface area contributed by atoms with Gasteiger partial charge < -0.3 is 9.47 Å². The highest BCUT2D eigenvalue weighted by Crippen LogP contribution is 2.44. The Kier molecular flexibility index (Phi) is 5.08. The van der Waals surface area contributed by atoms with E-state index >= 15 is 0 Å². The van der Waals surface area contributed by atoms with Crippen LogP contribution in [0.2, 0.25) is 0 Å². The fourth-order valence-electron chi connectivity index (χ4n) is 3.23. The van der Waals surface area contributed by atoms with Crippen molar-refractivity contribution in [1.29, 1.82) is 0 Å². The Balaban J connectivity index is 1.89. The molecule has 1 saturated heterocycles. The maximum atomic E-state index is 12.1. The van der Waals surface area contributed by atoms with Gasteiger partial charge in [0.2, 0.25) is 12.2 Å². The molecule has 2 rings (SSSR count). The lowest BCUT2D eigenvalue weighted by Gasteiger charge is -2.32. The summed E-state index contributed by atoms with van der Waals surface area (Å²) in [5, 5.41) is 0. The van der Waals surface area contributed by atoms with E-state index in [1.165, 1.54) is 18.2 Å². The highest BCUT2D eigenvalue weighted by molar-refractivity contribution is 5.94. The van der Waals surface area contributed by atoms with Crippen LogP contribution in [0.3, 0.4) is 0 Å². The van der Waals surface area contributed by atoms with Gasteiger partial charge in [0, 0.05) is 19.9 Å². The zero-order valence-corrected chi connectivity index (χ0v) is 13.6. The fraction of sp³-hybridized carbons (Fsp3) is 0.812. The molecule has 1 unspecified atom stereocenters. The predicted octanol–water partition coefficient (Wildman–Crippen LogP) is 2.85. The fourth-order valence-corrected chi connectivity index (χ4v) is 3.23.